The highest BCUT2D eigenvalue weighted by atomic mass is 79.9. The number of likely N-dealkylation sites (N-methyl/N-ethyl adjacent to an activating group) is 1. The zero-order valence-corrected chi connectivity index (χ0v) is 13.4. The normalized spacial score (nSPS) is 21.6. The van der Waals surface area contributed by atoms with Crippen molar-refractivity contribution in [3.8, 4) is 0 Å². The fourth-order valence-corrected chi connectivity index (χ4v) is 3.19. The summed E-state index contributed by atoms with van der Waals surface area (Å²) in [6.07, 6.45) is 1.90. The summed E-state index contributed by atoms with van der Waals surface area (Å²) >= 11 is 3.66. The van der Waals surface area contributed by atoms with Crippen LogP contribution in [0.4, 0.5) is 0 Å². The van der Waals surface area contributed by atoms with Gasteiger partial charge in [0.1, 0.15) is 0 Å². The number of nitrogens with one attached hydrogen (secondary N) is 1. The lowest BCUT2D eigenvalue weighted by atomic mass is 10.0. The Labute approximate surface area is 122 Å². The molecule has 0 radical (unpaired) electrons. The summed E-state index contributed by atoms with van der Waals surface area (Å²) in [5, 5.41) is 7.87. The Kier molecular flexibility index (Phi) is 5.38. The Bertz CT molecular complexity index is 416. The van der Waals surface area contributed by atoms with E-state index in [4.69, 9.17) is 9.47 Å². The van der Waals surface area contributed by atoms with Gasteiger partial charge < -0.3 is 14.8 Å². The zero-order chi connectivity index (χ0) is 13.8. The Morgan fingerprint density at radius 2 is 2.32 bits per heavy atom. The van der Waals surface area contributed by atoms with Crippen molar-refractivity contribution in [2.24, 2.45) is 7.05 Å². The van der Waals surface area contributed by atoms with Gasteiger partial charge in [-0.25, -0.2) is 0 Å². The molecule has 1 aromatic rings. The van der Waals surface area contributed by atoms with Gasteiger partial charge in [0.25, 0.3) is 0 Å². The van der Waals surface area contributed by atoms with Crippen molar-refractivity contribution >= 4 is 15.9 Å². The number of aromatic nitrogens is 2. The largest absolute Gasteiger partial charge is 0.376 e. The van der Waals surface area contributed by atoms with Crippen LogP contribution in [0, 0.1) is 0 Å². The molecular formula is C13H22BrN3O2. The maximum Gasteiger partial charge on any atom is 0.0965 e. The number of ether oxygens (including phenoxy) is 2. The summed E-state index contributed by atoms with van der Waals surface area (Å²) in [5.74, 6) is 0. The highest BCUT2D eigenvalue weighted by Gasteiger charge is 2.26. The average molecular weight is 332 g/mol. The molecule has 1 aromatic heterocycles. The van der Waals surface area contributed by atoms with Crippen molar-refractivity contribution in [3.63, 3.8) is 0 Å². The van der Waals surface area contributed by atoms with Crippen LogP contribution in [0.15, 0.2) is 4.47 Å². The van der Waals surface area contributed by atoms with Crippen LogP contribution in [0.1, 0.15) is 18.3 Å². The first kappa shape index (κ1) is 15.0. The highest BCUT2D eigenvalue weighted by molar-refractivity contribution is 9.10. The van der Waals surface area contributed by atoms with Gasteiger partial charge in [0.15, 0.2) is 0 Å². The molecule has 108 valence electrons. The molecule has 1 aliphatic heterocycles. The predicted molar refractivity (Wildman–Crippen MR) is 77.4 cm³/mol. The molecule has 1 N–H and O–H groups in total. The fourth-order valence-electron chi connectivity index (χ4n) is 2.41. The predicted octanol–water partition coefficient (Wildman–Crippen LogP) is 1.29. The number of rotatable bonds is 5. The molecule has 0 bridgehead atoms. The number of aryl methyl sites for hydroxylation is 2. The van der Waals surface area contributed by atoms with Gasteiger partial charge in [-0.15, -0.1) is 0 Å². The summed E-state index contributed by atoms with van der Waals surface area (Å²) in [4.78, 5) is 0. The number of nitrogens with zero attached hydrogens (tertiary/aromatic N) is 2. The highest BCUT2D eigenvalue weighted by Crippen LogP contribution is 2.24. The molecule has 2 heterocycles. The second-order valence-corrected chi connectivity index (χ2v) is 5.56. The van der Waals surface area contributed by atoms with Gasteiger partial charge in [-0.3, -0.25) is 4.68 Å². The molecule has 5 nitrogen and oxygen atoms in total. The first-order valence-corrected chi connectivity index (χ1v) is 7.53. The van der Waals surface area contributed by atoms with Gasteiger partial charge >= 0.3 is 0 Å². The molecule has 0 spiro atoms. The molecule has 0 aromatic carbocycles. The van der Waals surface area contributed by atoms with E-state index in [2.05, 4.69) is 33.3 Å². The first-order chi connectivity index (χ1) is 9.17. The van der Waals surface area contributed by atoms with E-state index < -0.39 is 0 Å². The van der Waals surface area contributed by atoms with E-state index in [-0.39, 0.29) is 12.1 Å². The number of halogens is 1. The second-order valence-electron chi connectivity index (χ2n) is 4.77. The van der Waals surface area contributed by atoms with Gasteiger partial charge in [0.2, 0.25) is 0 Å². The van der Waals surface area contributed by atoms with E-state index in [1.54, 1.807) is 0 Å². The maximum atomic E-state index is 5.78. The van der Waals surface area contributed by atoms with Gasteiger partial charge in [-0.05, 0) is 29.4 Å². The summed E-state index contributed by atoms with van der Waals surface area (Å²) in [5.41, 5.74) is 2.30. The third-order valence-electron chi connectivity index (χ3n) is 3.58. The topological polar surface area (TPSA) is 48.3 Å². The Balaban J connectivity index is 2.11. The molecule has 1 saturated heterocycles. The van der Waals surface area contributed by atoms with Crippen molar-refractivity contribution in [1.82, 2.24) is 15.1 Å². The second kappa shape index (κ2) is 6.83. The minimum atomic E-state index is 0.102. The van der Waals surface area contributed by atoms with Crippen LogP contribution in [0.5, 0.6) is 0 Å². The van der Waals surface area contributed by atoms with Crippen LogP contribution in [-0.2, 0) is 29.4 Å². The van der Waals surface area contributed by atoms with E-state index in [0.717, 1.165) is 23.0 Å². The smallest absolute Gasteiger partial charge is 0.0965 e. The molecular weight excluding hydrogens is 310 g/mol. The lowest BCUT2D eigenvalue weighted by Gasteiger charge is -2.30. The van der Waals surface area contributed by atoms with Gasteiger partial charge in [-0.2, -0.15) is 5.10 Å². The summed E-state index contributed by atoms with van der Waals surface area (Å²) in [6.45, 7) is 4.14. The third-order valence-corrected chi connectivity index (χ3v) is 4.49. The van der Waals surface area contributed by atoms with E-state index >= 15 is 0 Å². The van der Waals surface area contributed by atoms with Crippen molar-refractivity contribution < 1.29 is 9.47 Å². The van der Waals surface area contributed by atoms with Crippen molar-refractivity contribution in [2.45, 2.75) is 31.9 Å². The summed E-state index contributed by atoms with van der Waals surface area (Å²) in [6, 6.07) is 0.233. The van der Waals surface area contributed by atoms with Crippen LogP contribution < -0.4 is 5.32 Å². The number of hydrogen-bond acceptors (Lipinski definition) is 4. The molecule has 0 amide bonds. The van der Waals surface area contributed by atoms with Crippen LogP contribution in [0.3, 0.4) is 0 Å². The molecule has 1 fully saturated rings. The minimum Gasteiger partial charge on any atom is -0.376 e. The van der Waals surface area contributed by atoms with E-state index in [1.165, 1.54) is 5.69 Å². The quantitative estimate of drug-likeness (QED) is 0.883. The summed E-state index contributed by atoms with van der Waals surface area (Å²) in [7, 11) is 3.96. The lowest BCUT2D eigenvalue weighted by molar-refractivity contribution is -0.101. The van der Waals surface area contributed by atoms with Crippen LogP contribution in [0.25, 0.3) is 0 Å². The molecule has 2 rings (SSSR count). The molecule has 6 heteroatoms. The third kappa shape index (κ3) is 3.37. The van der Waals surface area contributed by atoms with Crippen LogP contribution >= 0.6 is 15.9 Å². The summed E-state index contributed by atoms with van der Waals surface area (Å²) < 4.78 is 14.3. The maximum absolute atomic E-state index is 5.78. The Morgan fingerprint density at radius 3 is 2.84 bits per heavy atom. The Hall–Kier alpha value is -0.430. The van der Waals surface area contributed by atoms with E-state index in [9.17, 15) is 0 Å². The lowest BCUT2D eigenvalue weighted by Crippen LogP contribution is -2.46. The van der Waals surface area contributed by atoms with Crippen LogP contribution in [-0.4, -0.2) is 48.8 Å². The molecule has 0 aliphatic carbocycles. The minimum absolute atomic E-state index is 0.102. The van der Waals surface area contributed by atoms with Crippen LogP contribution in [0.2, 0.25) is 0 Å². The SMILES string of the molecule is CCc1nn(C)c(CC(NC)C2COCCO2)c1Br. The monoisotopic (exact) mass is 331 g/mol. The Morgan fingerprint density at radius 1 is 1.53 bits per heavy atom. The van der Waals surface area contributed by atoms with Gasteiger partial charge in [0.05, 0.1) is 41.8 Å². The molecule has 1 aliphatic rings. The van der Waals surface area contributed by atoms with E-state index in [0.29, 0.717) is 19.8 Å². The molecule has 0 saturated carbocycles. The van der Waals surface area contributed by atoms with Crippen molar-refractivity contribution in [1.29, 1.82) is 0 Å². The average Bonchev–Trinajstić information content (AvgIpc) is 2.72. The van der Waals surface area contributed by atoms with Gasteiger partial charge in [-0.1, -0.05) is 6.92 Å². The molecule has 19 heavy (non-hydrogen) atoms. The number of hydrogen-bond donors (Lipinski definition) is 1. The van der Waals surface area contributed by atoms with Crippen molar-refractivity contribution in [3.05, 3.63) is 15.9 Å². The standard InChI is InChI=1S/C13H22BrN3O2/c1-4-9-13(14)11(17(3)16-9)7-10(15-2)12-8-18-5-6-19-12/h10,12,15H,4-8H2,1-3H3. The molecule has 2 atom stereocenters. The van der Waals surface area contributed by atoms with Gasteiger partial charge in [0, 0.05) is 19.5 Å². The zero-order valence-electron chi connectivity index (χ0n) is 11.8. The fraction of sp³-hybridized carbons (Fsp3) is 0.769. The molecule has 2 unspecified atom stereocenters. The van der Waals surface area contributed by atoms with E-state index in [1.807, 2.05) is 18.8 Å². The first-order valence-electron chi connectivity index (χ1n) is 6.74. The van der Waals surface area contributed by atoms with Crippen molar-refractivity contribution in [2.75, 3.05) is 26.9 Å².